The number of hydrogen-bond donors (Lipinski definition) is 2. The summed E-state index contributed by atoms with van der Waals surface area (Å²) in [7, 11) is 0. The molecular weight excluding hydrogens is 191 g/mol. The Balaban J connectivity index is 0. The van der Waals surface area contributed by atoms with Gasteiger partial charge in [-0.1, -0.05) is 0 Å². The van der Waals surface area contributed by atoms with E-state index in [4.69, 9.17) is 10.2 Å². The van der Waals surface area contributed by atoms with Crippen LogP contribution in [0.15, 0.2) is 0 Å². The smallest absolute Gasteiger partial charge is 0.547 e. The van der Waals surface area contributed by atoms with Gasteiger partial charge >= 0.3 is 30.8 Å². The fourth-order valence-corrected chi connectivity index (χ4v) is 0.541. The Morgan fingerprint density at radius 1 is 1.21 bits per heavy atom. The van der Waals surface area contributed by atoms with E-state index < -0.39 is 37.0 Å². The Kier molecular flexibility index (Phi) is 8.14. The molecule has 0 rings (SSSR count). The minimum absolute atomic E-state index is 0. The van der Waals surface area contributed by atoms with Crippen LogP contribution in [-0.4, -0.2) is 40.8 Å². The Labute approximate surface area is 90.8 Å². The molecule has 0 amide bonds. The van der Waals surface area contributed by atoms with E-state index in [1.165, 1.54) is 0 Å². The zero-order valence-corrected chi connectivity index (χ0v) is 7.43. The number of aliphatic carboxylic acids is 3. The Hall–Kier alpha value is -1.03. The number of ether oxygens (including phenoxy) is 1. The first kappa shape index (κ1) is 15.4. The van der Waals surface area contributed by atoms with Gasteiger partial charge in [-0.3, -0.25) is 4.79 Å². The molecule has 0 aromatic rings. The maximum absolute atomic E-state index is 10.2. The number of hydrogen-bond acceptors (Lipinski definition) is 5. The largest absolute Gasteiger partial charge is 1.00 e. The van der Waals surface area contributed by atoms with Gasteiger partial charge in [0, 0.05) is 0 Å². The molecule has 0 spiro atoms. The third kappa shape index (κ3) is 7.61. The maximum Gasteiger partial charge on any atom is 1.00 e. The summed E-state index contributed by atoms with van der Waals surface area (Å²) in [6.07, 6.45) is -2.55. The van der Waals surface area contributed by atoms with E-state index in [1.54, 1.807) is 0 Å². The van der Waals surface area contributed by atoms with E-state index in [9.17, 15) is 19.5 Å². The van der Waals surface area contributed by atoms with Gasteiger partial charge in [0.05, 0.1) is 12.4 Å². The van der Waals surface area contributed by atoms with Crippen LogP contribution in [0.25, 0.3) is 0 Å². The van der Waals surface area contributed by atoms with Crippen molar-refractivity contribution in [1.29, 1.82) is 0 Å². The molecule has 0 bridgehead atoms. The van der Waals surface area contributed by atoms with Crippen molar-refractivity contribution in [2.75, 3.05) is 6.61 Å². The Morgan fingerprint density at radius 3 is 2.00 bits per heavy atom. The summed E-state index contributed by atoms with van der Waals surface area (Å²) in [6.45, 7) is -0.869. The summed E-state index contributed by atoms with van der Waals surface area (Å²) >= 11 is 0. The molecule has 14 heavy (non-hydrogen) atoms. The van der Waals surface area contributed by atoms with E-state index in [2.05, 4.69) is 4.74 Å². The number of rotatable bonds is 6. The first-order valence-corrected chi connectivity index (χ1v) is 3.19. The van der Waals surface area contributed by atoms with Crippen LogP contribution in [0.5, 0.6) is 0 Å². The fourth-order valence-electron chi connectivity index (χ4n) is 0.541. The predicted octanol–water partition coefficient (Wildman–Crippen LogP) is -5.32. The summed E-state index contributed by atoms with van der Waals surface area (Å²) in [4.78, 5) is 30.1. The first-order chi connectivity index (χ1) is 5.93. The van der Waals surface area contributed by atoms with E-state index in [0.29, 0.717) is 0 Å². The van der Waals surface area contributed by atoms with Crippen molar-refractivity contribution >= 4 is 17.9 Å². The standard InChI is InChI=1S/C6H8O7.Li/c7-4(8)1-3(6(11)12)13-2-5(9)10;/h3H,1-2H2,(H,7,8)(H,9,10)(H,11,12);/q;+1/p-1. The second-order valence-electron chi connectivity index (χ2n) is 2.11. The summed E-state index contributed by atoms with van der Waals surface area (Å²) in [5.74, 6) is -4.53. The van der Waals surface area contributed by atoms with Gasteiger partial charge in [-0.05, 0) is 0 Å². The van der Waals surface area contributed by atoms with Gasteiger partial charge in [-0.2, -0.15) is 0 Å². The van der Waals surface area contributed by atoms with Crippen molar-refractivity contribution in [3.05, 3.63) is 0 Å². The number of carbonyl (C=O) groups is 3. The molecule has 2 N–H and O–H groups in total. The van der Waals surface area contributed by atoms with Crippen LogP contribution in [-0.2, 0) is 19.1 Å². The quantitative estimate of drug-likeness (QED) is 0.408. The molecule has 0 saturated heterocycles. The summed E-state index contributed by atoms with van der Waals surface area (Å²) in [5.41, 5.74) is 0. The molecule has 7 nitrogen and oxygen atoms in total. The molecule has 0 aliphatic heterocycles. The van der Waals surface area contributed by atoms with Gasteiger partial charge < -0.3 is 24.9 Å². The van der Waals surface area contributed by atoms with Gasteiger partial charge in [0.15, 0.2) is 0 Å². The molecule has 0 aromatic heterocycles. The van der Waals surface area contributed by atoms with E-state index in [1.807, 2.05) is 0 Å². The van der Waals surface area contributed by atoms with E-state index in [-0.39, 0.29) is 18.9 Å². The average Bonchev–Trinajstić information content (AvgIpc) is 1.96. The zero-order valence-electron chi connectivity index (χ0n) is 7.43. The Bertz CT molecular complexity index is 226. The molecule has 74 valence electrons. The van der Waals surface area contributed by atoms with Gasteiger partial charge in [0.2, 0.25) is 0 Å². The molecule has 0 aromatic carbocycles. The van der Waals surface area contributed by atoms with Gasteiger partial charge in [0.1, 0.15) is 12.7 Å². The number of carbonyl (C=O) groups excluding carboxylic acids is 1. The minimum atomic E-state index is -1.75. The van der Waals surface area contributed by atoms with Crippen LogP contribution in [0.4, 0.5) is 0 Å². The normalized spacial score (nSPS) is 11.1. The first-order valence-electron chi connectivity index (χ1n) is 3.19. The number of carboxylic acids is 3. The minimum Gasteiger partial charge on any atom is -0.547 e. The van der Waals surface area contributed by atoms with Crippen LogP contribution in [0.3, 0.4) is 0 Å². The van der Waals surface area contributed by atoms with E-state index in [0.717, 1.165) is 0 Å². The van der Waals surface area contributed by atoms with Crippen molar-refractivity contribution in [1.82, 2.24) is 0 Å². The predicted molar refractivity (Wildman–Crippen MR) is 34.6 cm³/mol. The molecule has 0 aliphatic carbocycles. The second-order valence-corrected chi connectivity index (χ2v) is 2.11. The van der Waals surface area contributed by atoms with Crippen molar-refractivity contribution in [3.8, 4) is 0 Å². The van der Waals surface area contributed by atoms with Crippen molar-refractivity contribution in [2.45, 2.75) is 12.5 Å². The summed E-state index contributed by atoms with van der Waals surface area (Å²) in [5, 5.41) is 26.4. The third-order valence-electron chi connectivity index (χ3n) is 1.03. The maximum atomic E-state index is 10.2. The molecule has 0 saturated carbocycles. The van der Waals surface area contributed by atoms with Crippen molar-refractivity contribution in [2.24, 2.45) is 0 Å². The molecular formula is C6H7LiO7. The average molecular weight is 198 g/mol. The number of carboxylic acid groups (broad SMARTS) is 3. The zero-order chi connectivity index (χ0) is 10.4. The van der Waals surface area contributed by atoms with Crippen LogP contribution >= 0.6 is 0 Å². The molecule has 0 aliphatic rings. The molecule has 1 atom stereocenters. The van der Waals surface area contributed by atoms with Crippen LogP contribution in [0, 0.1) is 0 Å². The molecule has 8 heteroatoms. The van der Waals surface area contributed by atoms with Crippen molar-refractivity contribution in [3.63, 3.8) is 0 Å². The Morgan fingerprint density at radius 2 is 1.71 bits per heavy atom. The molecule has 0 radical (unpaired) electrons. The van der Waals surface area contributed by atoms with Crippen LogP contribution in [0.1, 0.15) is 6.42 Å². The topological polar surface area (TPSA) is 124 Å². The molecule has 1 unspecified atom stereocenters. The van der Waals surface area contributed by atoms with Gasteiger partial charge in [-0.15, -0.1) is 0 Å². The summed E-state index contributed by atoms with van der Waals surface area (Å²) in [6, 6.07) is 0. The van der Waals surface area contributed by atoms with E-state index >= 15 is 0 Å². The van der Waals surface area contributed by atoms with Crippen LogP contribution < -0.4 is 24.0 Å². The fraction of sp³-hybridized carbons (Fsp3) is 0.500. The van der Waals surface area contributed by atoms with Gasteiger partial charge in [-0.25, -0.2) is 4.79 Å². The van der Waals surface area contributed by atoms with Crippen molar-refractivity contribution < 1.29 is 53.3 Å². The third-order valence-corrected chi connectivity index (χ3v) is 1.03. The van der Waals surface area contributed by atoms with Gasteiger partial charge in [0.25, 0.3) is 0 Å². The second kappa shape index (κ2) is 7.38. The monoisotopic (exact) mass is 198 g/mol. The molecule has 0 fully saturated rings. The molecule has 0 heterocycles. The SMILES string of the molecule is O=C(O)COC(CC(=O)O)C(=O)[O-].[Li+]. The summed E-state index contributed by atoms with van der Waals surface area (Å²) < 4.78 is 4.23. The van der Waals surface area contributed by atoms with Crippen LogP contribution in [0.2, 0.25) is 0 Å².